The van der Waals surface area contributed by atoms with E-state index in [1.54, 1.807) is 26.8 Å². The number of tetrazole rings is 1. The first-order chi connectivity index (χ1) is 14.0. The maximum absolute atomic E-state index is 14.7. The summed E-state index contributed by atoms with van der Waals surface area (Å²) in [4.78, 5) is -0.145. The summed E-state index contributed by atoms with van der Waals surface area (Å²) < 4.78 is 43.6. The summed E-state index contributed by atoms with van der Waals surface area (Å²) in [5.74, 6) is -1.02. The molecule has 30 heavy (non-hydrogen) atoms. The number of halogens is 3. The van der Waals surface area contributed by atoms with Gasteiger partial charge in [-0.3, -0.25) is 0 Å². The topological polar surface area (TPSA) is 101 Å². The number of aromatic nitrogens is 4. The van der Waals surface area contributed by atoms with Crippen molar-refractivity contribution in [2.24, 2.45) is 0 Å². The van der Waals surface area contributed by atoms with Crippen molar-refractivity contribution in [1.82, 2.24) is 25.3 Å². The van der Waals surface area contributed by atoms with Gasteiger partial charge in [0, 0.05) is 10.9 Å². The fourth-order valence-corrected chi connectivity index (χ4v) is 5.37. The zero-order chi connectivity index (χ0) is 22.2. The van der Waals surface area contributed by atoms with Gasteiger partial charge in [-0.25, -0.2) is 12.8 Å². The summed E-state index contributed by atoms with van der Waals surface area (Å²) in [6.45, 7) is 6.96. The molecule has 2 aromatic carbocycles. The van der Waals surface area contributed by atoms with Crippen molar-refractivity contribution >= 4 is 33.2 Å². The minimum atomic E-state index is -4.13. The van der Waals surface area contributed by atoms with Crippen molar-refractivity contribution < 1.29 is 12.8 Å². The lowest BCUT2D eigenvalue weighted by atomic mass is 9.88. The molecule has 0 fully saturated rings. The first-order valence-corrected chi connectivity index (χ1v) is 11.2. The van der Waals surface area contributed by atoms with Gasteiger partial charge in [-0.1, -0.05) is 41.4 Å². The monoisotopic (exact) mass is 471 g/mol. The minimum Gasteiger partial charge on any atom is -0.207 e. The molecule has 3 aromatic rings. The Morgan fingerprint density at radius 3 is 2.43 bits per heavy atom. The summed E-state index contributed by atoms with van der Waals surface area (Å²) in [5.41, 5.74) is 2.40. The summed E-state index contributed by atoms with van der Waals surface area (Å²) in [5, 5.41) is 14.0. The SMILES string of the molecule is Cc1ccc(F)c([C@@H](C)[C@H](NS(=O)(=O)c2ccc(Cl)c(C)c2Cl)c2nn[nH]n2)c1C. The second kappa shape index (κ2) is 8.58. The van der Waals surface area contributed by atoms with Crippen molar-refractivity contribution in [1.29, 1.82) is 0 Å². The van der Waals surface area contributed by atoms with E-state index in [1.807, 2.05) is 6.92 Å². The average molecular weight is 472 g/mol. The van der Waals surface area contributed by atoms with Gasteiger partial charge < -0.3 is 0 Å². The molecule has 0 bridgehead atoms. The highest BCUT2D eigenvalue weighted by Gasteiger charge is 2.33. The van der Waals surface area contributed by atoms with Crippen LogP contribution < -0.4 is 4.72 Å². The number of H-pyrrole nitrogens is 1. The van der Waals surface area contributed by atoms with Gasteiger partial charge in [-0.05, 0) is 61.2 Å². The van der Waals surface area contributed by atoms with E-state index in [0.29, 0.717) is 16.1 Å². The molecule has 0 aliphatic rings. The van der Waals surface area contributed by atoms with Crippen LogP contribution in [-0.2, 0) is 10.0 Å². The van der Waals surface area contributed by atoms with Gasteiger partial charge in [0.25, 0.3) is 0 Å². The normalized spacial score (nSPS) is 14.0. The highest BCUT2D eigenvalue weighted by atomic mass is 35.5. The number of hydrogen-bond acceptors (Lipinski definition) is 5. The second-order valence-corrected chi connectivity index (χ2v) is 9.51. The highest BCUT2D eigenvalue weighted by molar-refractivity contribution is 7.89. The zero-order valence-electron chi connectivity index (χ0n) is 16.7. The molecule has 0 amide bonds. The van der Waals surface area contributed by atoms with Crippen LogP contribution in [0.3, 0.4) is 0 Å². The molecule has 0 unspecified atom stereocenters. The third-order valence-corrected chi connectivity index (χ3v) is 7.68. The lowest BCUT2D eigenvalue weighted by Crippen LogP contribution is -2.33. The Bertz CT molecular complexity index is 1190. The van der Waals surface area contributed by atoms with E-state index in [-0.39, 0.29) is 15.7 Å². The van der Waals surface area contributed by atoms with Crippen LogP contribution in [0.1, 0.15) is 47.0 Å². The molecule has 3 rings (SSSR count). The van der Waals surface area contributed by atoms with Crippen molar-refractivity contribution in [2.75, 3.05) is 0 Å². The van der Waals surface area contributed by atoms with Gasteiger partial charge in [0.1, 0.15) is 10.7 Å². The van der Waals surface area contributed by atoms with Gasteiger partial charge in [0.15, 0.2) is 5.82 Å². The number of nitrogens with one attached hydrogen (secondary N) is 2. The molecule has 0 saturated carbocycles. The molecule has 160 valence electrons. The Hall–Kier alpha value is -2.07. The number of benzene rings is 2. The van der Waals surface area contributed by atoms with Crippen molar-refractivity contribution in [3.8, 4) is 0 Å². The van der Waals surface area contributed by atoms with Gasteiger partial charge in [-0.15, -0.1) is 10.2 Å². The lowest BCUT2D eigenvalue weighted by Gasteiger charge is -2.25. The number of aryl methyl sites for hydroxylation is 1. The molecule has 0 spiro atoms. The Morgan fingerprint density at radius 2 is 1.80 bits per heavy atom. The van der Waals surface area contributed by atoms with E-state index in [1.165, 1.54) is 18.2 Å². The third kappa shape index (κ3) is 4.20. The number of hydrogen-bond donors (Lipinski definition) is 2. The molecule has 1 heterocycles. The van der Waals surface area contributed by atoms with Crippen LogP contribution in [0.25, 0.3) is 0 Å². The fraction of sp³-hybridized carbons (Fsp3) is 0.316. The predicted molar refractivity (Wildman–Crippen MR) is 113 cm³/mol. The number of rotatable bonds is 6. The molecular weight excluding hydrogens is 452 g/mol. The molecule has 2 N–H and O–H groups in total. The van der Waals surface area contributed by atoms with Crippen LogP contribution in [0.5, 0.6) is 0 Å². The molecule has 0 aliphatic heterocycles. The first-order valence-electron chi connectivity index (χ1n) is 9.00. The van der Waals surface area contributed by atoms with Crippen molar-refractivity contribution in [3.63, 3.8) is 0 Å². The smallest absolute Gasteiger partial charge is 0.207 e. The van der Waals surface area contributed by atoms with E-state index in [9.17, 15) is 12.8 Å². The Morgan fingerprint density at radius 1 is 1.10 bits per heavy atom. The molecule has 11 heteroatoms. The van der Waals surface area contributed by atoms with Crippen LogP contribution in [0.4, 0.5) is 4.39 Å². The average Bonchev–Trinajstić information content (AvgIpc) is 3.21. The van der Waals surface area contributed by atoms with E-state index in [4.69, 9.17) is 23.2 Å². The molecule has 0 aliphatic carbocycles. The summed E-state index contributed by atoms with van der Waals surface area (Å²) in [6, 6.07) is 4.79. The second-order valence-electron chi connectivity index (χ2n) is 7.05. The van der Waals surface area contributed by atoms with E-state index >= 15 is 0 Å². The summed E-state index contributed by atoms with van der Waals surface area (Å²) in [7, 11) is -4.13. The fourth-order valence-electron chi connectivity index (χ4n) is 3.28. The number of aromatic amines is 1. The van der Waals surface area contributed by atoms with Crippen LogP contribution in [0.2, 0.25) is 10.0 Å². The zero-order valence-corrected chi connectivity index (χ0v) is 19.0. The van der Waals surface area contributed by atoms with Crippen LogP contribution >= 0.6 is 23.2 Å². The van der Waals surface area contributed by atoms with E-state index in [0.717, 1.165) is 11.1 Å². The Kier molecular flexibility index (Phi) is 6.47. The third-order valence-electron chi connectivity index (χ3n) is 5.18. The largest absolute Gasteiger partial charge is 0.242 e. The van der Waals surface area contributed by atoms with Gasteiger partial charge in [-0.2, -0.15) is 9.94 Å². The van der Waals surface area contributed by atoms with Gasteiger partial charge in [0.05, 0.1) is 11.1 Å². The van der Waals surface area contributed by atoms with Crippen LogP contribution in [0, 0.1) is 26.6 Å². The first kappa shape index (κ1) is 22.6. The molecule has 0 radical (unpaired) electrons. The Labute approximate surface area is 184 Å². The van der Waals surface area contributed by atoms with Gasteiger partial charge in [0.2, 0.25) is 10.0 Å². The van der Waals surface area contributed by atoms with Crippen molar-refractivity contribution in [2.45, 2.75) is 44.6 Å². The van der Waals surface area contributed by atoms with Crippen LogP contribution in [0.15, 0.2) is 29.2 Å². The van der Waals surface area contributed by atoms with E-state index in [2.05, 4.69) is 25.3 Å². The quantitative estimate of drug-likeness (QED) is 0.554. The van der Waals surface area contributed by atoms with Crippen molar-refractivity contribution in [3.05, 3.63) is 68.2 Å². The van der Waals surface area contributed by atoms with E-state index < -0.39 is 27.8 Å². The number of sulfonamides is 1. The number of nitrogens with zero attached hydrogens (tertiary/aromatic N) is 3. The summed E-state index contributed by atoms with van der Waals surface area (Å²) >= 11 is 12.3. The minimum absolute atomic E-state index is 0.00688. The maximum atomic E-state index is 14.7. The standard InChI is InChI=1S/C19H20Cl2FN5O2S/c1-9-5-7-14(22)16(10(9)2)12(4)18(19-23-26-27-24-19)25-30(28,29)15-8-6-13(20)11(3)17(15)21/h5-8,12,18,25H,1-4H3,(H,23,24,26,27)/t12-,18+/m1/s1. The lowest BCUT2D eigenvalue weighted by molar-refractivity contribution is 0.478. The molecule has 2 atom stereocenters. The summed E-state index contributed by atoms with van der Waals surface area (Å²) in [6.07, 6.45) is 0. The van der Waals surface area contributed by atoms with Crippen LogP contribution in [-0.4, -0.2) is 29.0 Å². The molecule has 0 saturated heterocycles. The molecular formula is C19H20Cl2FN5O2S. The Balaban J connectivity index is 2.09. The maximum Gasteiger partial charge on any atom is 0.242 e. The predicted octanol–water partition coefficient (Wildman–Crippen LogP) is 4.39. The van der Waals surface area contributed by atoms with Gasteiger partial charge >= 0.3 is 0 Å². The molecule has 7 nitrogen and oxygen atoms in total. The molecule has 1 aromatic heterocycles. The highest BCUT2D eigenvalue weighted by Crippen LogP contribution is 2.36.